The van der Waals surface area contributed by atoms with E-state index in [2.05, 4.69) is 44.4 Å². The summed E-state index contributed by atoms with van der Waals surface area (Å²) in [6.07, 6.45) is 5.69. The molecule has 9 nitrogen and oxygen atoms in total. The van der Waals surface area contributed by atoms with E-state index >= 15 is 0 Å². The van der Waals surface area contributed by atoms with Crippen molar-refractivity contribution in [3.8, 4) is 0 Å². The van der Waals surface area contributed by atoms with Gasteiger partial charge >= 0.3 is 0 Å². The molecule has 9 heteroatoms. The van der Waals surface area contributed by atoms with Crippen molar-refractivity contribution >= 4 is 34.0 Å². The number of amides is 1. The van der Waals surface area contributed by atoms with Gasteiger partial charge in [0.25, 0.3) is 5.91 Å². The van der Waals surface area contributed by atoms with Gasteiger partial charge in [-0.05, 0) is 39.8 Å². The summed E-state index contributed by atoms with van der Waals surface area (Å²) in [4.78, 5) is 24.6. The van der Waals surface area contributed by atoms with Crippen molar-refractivity contribution in [2.75, 3.05) is 23.3 Å². The molecule has 3 aromatic heterocycles. The lowest BCUT2D eigenvalue weighted by Crippen LogP contribution is -2.54. The summed E-state index contributed by atoms with van der Waals surface area (Å²) in [5.74, 6) is 0.251. The number of aromatic nitrogens is 5. The molecule has 4 aromatic rings. The molecule has 2 unspecified atom stereocenters. The second kappa shape index (κ2) is 7.59. The molecule has 2 atom stereocenters. The Bertz CT molecular complexity index is 1330. The number of fused-ring (bicyclic) bond motifs is 2. The summed E-state index contributed by atoms with van der Waals surface area (Å²) in [5.41, 5.74) is 4.78. The molecule has 1 fully saturated rings. The lowest BCUT2D eigenvalue weighted by molar-refractivity contribution is 0.102. The van der Waals surface area contributed by atoms with Gasteiger partial charge in [-0.3, -0.25) is 9.48 Å². The van der Waals surface area contributed by atoms with Gasteiger partial charge in [0.05, 0.1) is 23.1 Å². The normalized spacial score (nSPS) is 19.1. The van der Waals surface area contributed by atoms with Gasteiger partial charge in [-0.1, -0.05) is 0 Å². The predicted molar refractivity (Wildman–Crippen MR) is 125 cm³/mol. The average molecular weight is 433 g/mol. The van der Waals surface area contributed by atoms with Crippen LogP contribution in [0, 0.1) is 13.8 Å². The molecule has 1 aliphatic rings. The molecule has 1 aromatic carbocycles. The van der Waals surface area contributed by atoms with Crippen molar-refractivity contribution in [1.29, 1.82) is 0 Å². The number of aryl methyl sites for hydroxylation is 3. The number of nitrogens with zero attached hydrogens (tertiary/aromatic N) is 6. The molecule has 166 valence electrons. The summed E-state index contributed by atoms with van der Waals surface area (Å²) < 4.78 is 3.65. The van der Waals surface area contributed by atoms with Crippen LogP contribution < -0.4 is 15.5 Å². The fourth-order valence-corrected chi connectivity index (χ4v) is 4.71. The number of nitrogens with one attached hydrogen (secondary N) is 2. The number of anilines is 2. The number of benzene rings is 1. The lowest BCUT2D eigenvalue weighted by Gasteiger charge is -2.38. The maximum Gasteiger partial charge on any atom is 0.259 e. The summed E-state index contributed by atoms with van der Waals surface area (Å²) in [6, 6.07) is 4.68. The van der Waals surface area contributed by atoms with Crippen molar-refractivity contribution < 1.29 is 4.79 Å². The monoisotopic (exact) mass is 432 g/mol. The predicted octanol–water partition coefficient (Wildman–Crippen LogP) is 2.67. The Morgan fingerprint density at radius 1 is 1.09 bits per heavy atom. The van der Waals surface area contributed by atoms with Crippen LogP contribution in [0.15, 0.2) is 30.7 Å². The van der Waals surface area contributed by atoms with Crippen molar-refractivity contribution in [2.45, 2.75) is 39.8 Å². The molecule has 0 saturated carbocycles. The van der Waals surface area contributed by atoms with E-state index in [-0.39, 0.29) is 5.91 Å². The number of carbonyl (C=O) groups excluding carboxylic acids is 1. The summed E-state index contributed by atoms with van der Waals surface area (Å²) in [5, 5.41) is 12.1. The fourth-order valence-electron chi connectivity index (χ4n) is 4.71. The number of hydrogen-bond donors (Lipinski definition) is 2. The number of hydrogen-bond acceptors (Lipinski definition) is 6. The first-order valence-electron chi connectivity index (χ1n) is 10.9. The Morgan fingerprint density at radius 3 is 2.59 bits per heavy atom. The van der Waals surface area contributed by atoms with Crippen LogP contribution in [-0.4, -0.2) is 55.2 Å². The molecular formula is C23H28N8O. The van der Waals surface area contributed by atoms with Crippen molar-refractivity contribution in [1.82, 2.24) is 29.5 Å². The Labute approximate surface area is 186 Å². The van der Waals surface area contributed by atoms with E-state index in [0.717, 1.165) is 41.2 Å². The van der Waals surface area contributed by atoms with E-state index in [1.54, 1.807) is 10.9 Å². The zero-order valence-corrected chi connectivity index (χ0v) is 19.0. The molecule has 32 heavy (non-hydrogen) atoms. The van der Waals surface area contributed by atoms with E-state index in [9.17, 15) is 4.79 Å². The van der Waals surface area contributed by atoms with E-state index in [1.807, 2.05) is 49.8 Å². The Balaban J connectivity index is 1.50. The van der Waals surface area contributed by atoms with Crippen LogP contribution in [0.2, 0.25) is 0 Å². The van der Waals surface area contributed by atoms with Gasteiger partial charge < -0.3 is 19.9 Å². The maximum atomic E-state index is 13.2. The van der Waals surface area contributed by atoms with Gasteiger partial charge in [0.15, 0.2) is 5.65 Å². The van der Waals surface area contributed by atoms with Crippen LogP contribution in [0.5, 0.6) is 0 Å². The van der Waals surface area contributed by atoms with Crippen LogP contribution >= 0.6 is 0 Å². The molecule has 0 bridgehead atoms. The second-order valence-electron chi connectivity index (χ2n) is 8.85. The second-order valence-corrected chi connectivity index (χ2v) is 8.85. The van der Waals surface area contributed by atoms with Crippen molar-refractivity contribution in [3.05, 3.63) is 47.7 Å². The maximum absolute atomic E-state index is 13.2. The molecule has 2 N–H and O–H groups in total. The Morgan fingerprint density at radius 2 is 1.84 bits per heavy atom. The van der Waals surface area contributed by atoms with Gasteiger partial charge in [-0.25, -0.2) is 9.97 Å². The Kier molecular flexibility index (Phi) is 4.85. The summed E-state index contributed by atoms with van der Waals surface area (Å²) >= 11 is 0. The van der Waals surface area contributed by atoms with Crippen LogP contribution in [0.3, 0.4) is 0 Å². The zero-order valence-electron chi connectivity index (χ0n) is 19.0. The van der Waals surface area contributed by atoms with Crippen molar-refractivity contribution in [3.63, 3.8) is 0 Å². The first-order chi connectivity index (χ1) is 15.3. The smallest absolute Gasteiger partial charge is 0.259 e. The minimum absolute atomic E-state index is 0.231. The van der Waals surface area contributed by atoms with Gasteiger partial charge in [0, 0.05) is 55.7 Å². The number of piperazine rings is 1. The first-order valence-corrected chi connectivity index (χ1v) is 10.9. The number of imidazole rings is 1. The summed E-state index contributed by atoms with van der Waals surface area (Å²) in [6.45, 7) is 10.0. The van der Waals surface area contributed by atoms with Gasteiger partial charge in [-0.15, -0.1) is 0 Å². The molecule has 0 aliphatic carbocycles. The van der Waals surface area contributed by atoms with Gasteiger partial charge in [0.2, 0.25) is 0 Å². The minimum Gasteiger partial charge on any atom is -0.368 e. The molecule has 1 saturated heterocycles. The molecule has 4 heterocycles. The minimum atomic E-state index is -0.231. The van der Waals surface area contributed by atoms with Crippen LogP contribution in [-0.2, 0) is 7.05 Å². The highest BCUT2D eigenvalue weighted by atomic mass is 16.1. The third-order valence-electron chi connectivity index (χ3n) is 5.88. The highest BCUT2D eigenvalue weighted by molar-refractivity contribution is 6.13. The van der Waals surface area contributed by atoms with E-state index in [0.29, 0.717) is 29.0 Å². The third kappa shape index (κ3) is 3.58. The molecular weight excluding hydrogens is 404 g/mol. The fraction of sp³-hybridized carbons (Fsp3) is 0.391. The molecule has 5 rings (SSSR count). The average Bonchev–Trinajstić information content (AvgIpc) is 3.28. The number of rotatable bonds is 3. The lowest BCUT2D eigenvalue weighted by atomic mass is 10.1. The van der Waals surface area contributed by atoms with Crippen LogP contribution in [0.4, 0.5) is 11.5 Å². The van der Waals surface area contributed by atoms with Crippen LogP contribution in [0.1, 0.15) is 35.6 Å². The largest absolute Gasteiger partial charge is 0.368 e. The topological polar surface area (TPSA) is 92.4 Å². The van der Waals surface area contributed by atoms with Gasteiger partial charge in [-0.2, -0.15) is 5.10 Å². The first kappa shape index (κ1) is 20.4. The quantitative estimate of drug-likeness (QED) is 0.517. The zero-order chi connectivity index (χ0) is 22.6. The summed E-state index contributed by atoms with van der Waals surface area (Å²) in [7, 11) is 1.88. The van der Waals surface area contributed by atoms with Crippen LogP contribution in [0.25, 0.3) is 16.6 Å². The molecule has 1 aliphatic heterocycles. The highest BCUT2D eigenvalue weighted by Gasteiger charge is 2.25. The molecule has 1 amide bonds. The third-order valence-corrected chi connectivity index (χ3v) is 5.88. The van der Waals surface area contributed by atoms with E-state index in [4.69, 9.17) is 0 Å². The molecule has 0 spiro atoms. The van der Waals surface area contributed by atoms with Gasteiger partial charge in [0.1, 0.15) is 11.3 Å². The highest BCUT2D eigenvalue weighted by Crippen LogP contribution is 2.30. The van der Waals surface area contributed by atoms with Crippen molar-refractivity contribution in [2.24, 2.45) is 7.05 Å². The number of carbonyl (C=O) groups is 1. The van der Waals surface area contributed by atoms with E-state index < -0.39 is 0 Å². The molecule has 0 radical (unpaired) electrons. The standard InChI is InChI=1S/C23H28N8O/c1-13-8-30(9-14(2)24-13)19-7-6-17(21-18(19)11-29(5)28-21)23(32)27-20-12-31-10-15(3)25-22(31)16(4)26-20/h6-7,10-14,24H,8-9H2,1-5H3,(H,27,32). The van der Waals surface area contributed by atoms with E-state index in [1.165, 1.54) is 0 Å². The SMILES string of the molecule is Cc1cn2cc(NC(=O)c3ccc(N4CC(C)NC(C)C4)c4cn(C)nc34)nc(C)c2n1. The Hall–Kier alpha value is -3.46.